The summed E-state index contributed by atoms with van der Waals surface area (Å²) in [5, 5.41) is 9.83. The Hall–Kier alpha value is -2.58. The van der Waals surface area contributed by atoms with Crippen LogP contribution < -0.4 is 0 Å². The number of nitrogens with zero attached hydrogens (tertiary/aromatic N) is 3. The van der Waals surface area contributed by atoms with Crippen LogP contribution >= 0.6 is 0 Å². The predicted octanol–water partition coefficient (Wildman–Crippen LogP) is 5.79. The molecule has 4 rings (SSSR count). The second kappa shape index (κ2) is 10.3. The van der Waals surface area contributed by atoms with E-state index in [-0.39, 0.29) is 29.3 Å². The SMILES string of the molecule is Cc1cc(O)cc(C)c1C(=O)N1CCC(C)(N2CCN([C@H](C)c3ccc(C(F)(F)F)cc3)[C@@H](C)C2)CC1. The van der Waals surface area contributed by atoms with Crippen LogP contribution in [0.3, 0.4) is 0 Å². The highest BCUT2D eigenvalue weighted by molar-refractivity contribution is 5.97. The quantitative estimate of drug-likeness (QED) is 0.558. The van der Waals surface area contributed by atoms with Gasteiger partial charge in [0.25, 0.3) is 5.91 Å². The zero-order chi connectivity index (χ0) is 27.1. The number of phenolic OH excluding ortho intramolecular Hbond substituents is 1. The summed E-state index contributed by atoms with van der Waals surface area (Å²) in [5.74, 6) is 0.208. The minimum Gasteiger partial charge on any atom is -0.508 e. The van der Waals surface area contributed by atoms with Gasteiger partial charge in [-0.2, -0.15) is 13.2 Å². The molecule has 2 fully saturated rings. The molecule has 1 N–H and O–H groups in total. The van der Waals surface area contributed by atoms with Gasteiger partial charge in [-0.3, -0.25) is 14.6 Å². The molecule has 1 amide bonds. The van der Waals surface area contributed by atoms with Gasteiger partial charge in [-0.25, -0.2) is 0 Å². The molecule has 2 aromatic carbocycles. The number of carbonyl (C=O) groups excluding carboxylic acids is 1. The van der Waals surface area contributed by atoms with Gasteiger partial charge < -0.3 is 10.0 Å². The number of carbonyl (C=O) groups is 1. The fraction of sp³-hybridized carbons (Fsp3) is 0.552. The summed E-state index contributed by atoms with van der Waals surface area (Å²) in [6.45, 7) is 14.2. The molecular formula is C29H38F3N3O2. The highest BCUT2D eigenvalue weighted by atomic mass is 19.4. The molecule has 2 heterocycles. The number of benzene rings is 2. The lowest BCUT2D eigenvalue weighted by Gasteiger charge is -2.52. The minimum absolute atomic E-state index is 0.00618. The van der Waals surface area contributed by atoms with Gasteiger partial charge in [0.1, 0.15) is 5.75 Å². The number of halogens is 3. The third-order valence-corrected chi connectivity index (χ3v) is 8.52. The molecule has 2 atom stereocenters. The van der Waals surface area contributed by atoms with Crippen LogP contribution in [0.15, 0.2) is 36.4 Å². The first-order valence-electron chi connectivity index (χ1n) is 13.1. The Balaban J connectivity index is 1.36. The number of hydrogen-bond acceptors (Lipinski definition) is 4. The molecule has 2 aliphatic rings. The summed E-state index contributed by atoms with van der Waals surface area (Å²) >= 11 is 0. The molecule has 37 heavy (non-hydrogen) atoms. The normalized spacial score (nSPS) is 22.2. The van der Waals surface area contributed by atoms with Gasteiger partial charge in [-0.15, -0.1) is 0 Å². The van der Waals surface area contributed by atoms with Crippen LogP contribution in [0.4, 0.5) is 13.2 Å². The van der Waals surface area contributed by atoms with Crippen LogP contribution in [-0.4, -0.2) is 70.0 Å². The van der Waals surface area contributed by atoms with Crippen LogP contribution in [0.2, 0.25) is 0 Å². The number of alkyl halides is 3. The van der Waals surface area contributed by atoms with E-state index in [4.69, 9.17) is 0 Å². The number of phenols is 1. The summed E-state index contributed by atoms with van der Waals surface area (Å²) in [7, 11) is 0. The molecule has 0 bridgehead atoms. The van der Waals surface area contributed by atoms with Gasteiger partial charge in [-0.05, 0) is 88.4 Å². The molecule has 0 unspecified atom stereocenters. The summed E-state index contributed by atoms with van der Waals surface area (Å²) in [5.41, 5.74) is 2.54. The first-order valence-corrected chi connectivity index (χ1v) is 13.1. The van der Waals surface area contributed by atoms with Gasteiger partial charge in [-0.1, -0.05) is 12.1 Å². The average Bonchev–Trinajstić information content (AvgIpc) is 2.83. The Morgan fingerprint density at radius 1 is 1.03 bits per heavy atom. The van der Waals surface area contributed by atoms with Crippen molar-refractivity contribution in [2.45, 2.75) is 71.3 Å². The van der Waals surface area contributed by atoms with Crippen LogP contribution in [0.5, 0.6) is 5.75 Å². The molecule has 2 aromatic rings. The molecule has 0 aliphatic carbocycles. The highest BCUT2D eigenvalue weighted by Crippen LogP contribution is 2.35. The van der Waals surface area contributed by atoms with Gasteiger partial charge in [0.05, 0.1) is 5.56 Å². The summed E-state index contributed by atoms with van der Waals surface area (Å²) in [6, 6.07) is 9.10. The Labute approximate surface area is 217 Å². The number of aryl methyl sites for hydroxylation is 2. The predicted molar refractivity (Wildman–Crippen MR) is 139 cm³/mol. The van der Waals surface area contributed by atoms with Crippen molar-refractivity contribution < 1.29 is 23.1 Å². The lowest BCUT2D eigenvalue weighted by atomic mass is 9.85. The van der Waals surface area contributed by atoms with Gasteiger partial charge in [0.2, 0.25) is 0 Å². The van der Waals surface area contributed by atoms with E-state index >= 15 is 0 Å². The van der Waals surface area contributed by atoms with Gasteiger partial charge >= 0.3 is 6.18 Å². The van der Waals surface area contributed by atoms with E-state index in [1.165, 1.54) is 12.1 Å². The molecule has 5 nitrogen and oxygen atoms in total. The van der Waals surface area contributed by atoms with Crippen LogP contribution in [0.25, 0.3) is 0 Å². The summed E-state index contributed by atoms with van der Waals surface area (Å²) in [4.78, 5) is 20.1. The lowest BCUT2D eigenvalue weighted by Crippen LogP contribution is -2.62. The number of piperidine rings is 1. The summed E-state index contributed by atoms with van der Waals surface area (Å²) in [6.07, 6.45) is -2.55. The van der Waals surface area contributed by atoms with Crippen molar-refractivity contribution in [1.29, 1.82) is 0 Å². The number of rotatable bonds is 4. The van der Waals surface area contributed by atoms with Crippen molar-refractivity contribution in [3.63, 3.8) is 0 Å². The summed E-state index contributed by atoms with van der Waals surface area (Å²) < 4.78 is 38.9. The first-order chi connectivity index (χ1) is 17.3. The molecule has 8 heteroatoms. The third kappa shape index (κ3) is 5.65. The molecule has 0 radical (unpaired) electrons. The standard InChI is InChI=1S/C29H38F3N3O2/c1-19-16-25(36)17-20(2)26(19)27(37)33-12-10-28(5,11-13-33)34-14-15-35(21(3)18-34)22(4)23-6-8-24(9-7-23)29(30,31)32/h6-9,16-17,21-22,36H,10-15,18H2,1-5H3/t21-,22+/m0/s1. The molecular weight excluding hydrogens is 479 g/mol. The van der Waals surface area contributed by atoms with Crippen molar-refractivity contribution >= 4 is 5.91 Å². The second-order valence-corrected chi connectivity index (χ2v) is 11.1. The number of likely N-dealkylation sites (tertiary alicyclic amines) is 1. The maximum atomic E-state index is 13.3. The van der Waals surface area contributed by atoms with Crippen LogP contribution in [0.1, 0.15) is 72.3 Å². The van der Waals surface area contributed by atoms with E-state index in [0.29, 0.717) is 18.7 Å². The van der Waals surface area contributed by atoms with Crippen LogP contribution in [0, 0.1) is 13.8 Å². The molecule has 0 aromatic heterocycles. The van der Waals surface area contributed by atoms with E-state index in [0.717, 1.165) is 49.2 Å². The van der Waals surface area contributed by atoms with Gasteiger partial charge in [0.15, 0.2) is 0 Å². The molecule has 0 saturated carbocycles. The number of aromatic hydroxyl groups is 1. The number of amides is 1. The lowest BCUT2D eigenvalue weighted by molar-refractivity contribution is -0.137. The topological polar surface area (TPSA) is 47.0 Å². The van der Waals surface area contributed by atoms with Crippen molar-refractivity contribution in [3.8, 4) is 5.75 Å². The Morgan fingerprint density at radius 2 is 1.59 bits per heavy atom. The zero-order valence-electron chi connectivity index (χ0n) is 22.4. The highest BCUT2D eigenvalue weighted by Gasteiger charge is 2.41. The van der Waals surface area contributed by atoms with E-state index in [1.807, 2.05) is 18.7 Å². The van der Waals surface area contributed by atoms with Crippen molar-refractivity contribution in [3.05, 3.63) is 64.2 Å². The fourth-order valence-corrected chi connectivity index (χ4v) is 6.12. The molecule has 0 spiro atoms. The largest absolute Gasteiger partial charge is 0.508 e. The maximum absolute atomic E-state index is 13.3. The number of hydrogen-bond donors (Lipinski definition) is 1. The van der Waals surface area contributed by atoms with E-state index in [2.05, 4.69) is 30.6 Å². The van der Waals surface area contributed by atoms with E-state index < -0.39 is 11.7 Å². The first kappa shape index (κ1) is 27.5. The van der Waals surface area contributed by atoms with Gasteiger partial charge in [0, 0.05) is 55.9 Å². The average molecular weight is 518 g/mol. The molecule has 202 valence electrons. The monoisotopic (exact) mass is 517 g/mol. The van der Waals surface area contributed by atoms with Crippen LogP contribution in [-0.2, 0) is 6.18 Å². The van der Waals surface area contributed by atoms with E-state index in [1.54, 1.807) is 24.3 Å². The fourth-order valence-electron chi connectivity index (χ4n) is 6.12. The number of piperazine rings is 1. The smallest absolute Gasteiger partial charge is 0.416 e. The second-order valence-electron chi connectivity index (χ2n) is 11.1. The Morgan fingerprint density at radius 3 is 2.11 bits per heavy atom. The van der Waals surface area contributed by atoms with Crippen molar-refractivity contribution in [2.24, 2.45) is 0 Å². The minimum atomic E-state index is -4.32. The Kier molecular flexibility index (Phi) is 7.64. The van der Waals surface area contributed by atoms with E-state index in [9.17, 15) is 23.1 Å². The molecule has 2 aliphatic heterocycles. The Bertz CT molecular complexity index is 1100. The zero-order valence-corrected chi connectivity index (χ0v) is 22.4. The van der Waals surface area contributed by atoms with Crippen molar-refractivity contribution in [1.82, 2.24) is 14.7 Å². The third-order valence-electron chi connectivity index (χ3n) is 8.52. The van der Waals surface area contributed by atoms with Crippen molar-refractivity contribution in [2.75, 3.05) is 32.7 Å². The molecule has 2 saturated heterocycles. The maximum Gasteiger partial charge on any atom is 0.416 e.